The zero-order valence-corrected chi connectivity index (χ0v) is 9.88. The van der Waals surface area contributed by atoms with Crippen LogP contribution >= 0.6 is 41.9 Å². The molecular weight excluding hydrogens is 249 g/mol. The van der Waals surface area contributed by atoms with Gasteiger partial charge in [0.25, 0.3) is 0 Å². The van der Waals surface area contributed by atoms with Crippen molar-refractivity contribution >= 4 is 47.2 Å². The molecule has 0 heterocycles. The normalized spacial score (nSPS) is 11.6. The fraction of sp³-hybridized carbons (Fsp3) is 0.250. The molecular formula is C8H8Cl3OP. The van der Waals surface area contributed by atoms with Crippen LogP contribution in [0.4, 0.5) is 0 Å². The lowest BCUT2D eigenvalue weighted by Gasteiger charge is -2.11. The van der Waals surface area contributed by atoms with Gasteiger partial charge in [-0.15, -0.1) is 23.2 Å². The molecule has 0 aromatic heterocycles. The fourth-order valence-electron chi connectivity index (χ4n) is 0.900. The van der Waals surface area contributed by atoms with Gasteiger partial charge in [0.1, 0.15) is 7.14 Å². The van der Waals surface area contributed by atoms with Crippen LogP contribution in [-0.2, 0) is 4.57 Å². The first-order chi connectivity index (χ1) is 6.12. The first-order valence-corrected chi connectivity index (χ1v) is 7.11. The van der Waals surface area contributed by atoms with Gasteiger partial charge in [-0.05, 0) is 12.1 Å². The molecule has 1 nitrogen and oxygen atoms in total. The van der Waals surface area contributed by atoms with E-state index in [0.29, 0.717) is 10.3 Å². The van der Waals surface area contributed by atoms with E-state index in [4.69, 9.17) is 34.8 Å². The maximum absolute atomic E-state index is 12.0. The SMILES string of the molecule is O=P(CCl)(CCl)c1cccc(Cl)c1. The van der Waals surface area contributed by atoms with Gasteiger partial charge in [0.2, 0.25) is 0 Å². The summed E-state index contributed by atoms with van der Waals surface area (Å²) in [5.41, 5.74) is 0.105. The molecule has 72 valence electrons. The van der Waals surface area contributed by atoms with Gasteiger partial charge in [-0.3, -0.25) is 0 Å². The third-order valence-corrected chi connectivity index (χ3v) is 6.21. The molecule has 0 amide bonds. The van der Waals surface area contributed by atoms with E-state index in [2.05, 4.69) is 0 Å². The minimum Gasteiger partial charge on any atom is -0.316 e. The van der Waals surface area contributed by atoms with Crippen molar-refractivity contribution in [2.45, 2.75) is 0 Å². The van der Waals surface area contributed by atoms with Crippen LogP contribution in [0.15, 0.2) is 24.3 Å². The van der Waals surface area contributed by atoms with Crippen LogP contribution < -0.4 is 5.30 Å². The Kier molecular flexibility index (Phi) is 4.12. The highest BCUT2D eigenvalue weighted by Gasteiger charge is 2.22. The lowest BCUT2D eigenvalue weighted by molar-refractivity contribution is 0.586. The maximum Gasteiger partial charge on any atom is 0.143 e. The minimum absolute atomic E-state index is 0.0524. The van der Waals surface area contributed by atoms with Crippen molar-refractivity contribution in [3.63, 3.8) is 0 Å². The highest BCUT2D eigenvalue weighted by Crippen LogP contribution is 2.46. The predicted molar refractivity (Wildman–Crippen MR) is 60.1 cm³/mol. The van der Waals surface area contributed by atoms with Crippen LogP contribution in [0.2, 0.25) is 5.02 Å². The molecule has 0 aliphatic carbocycles. The Morgan fingerprint density at radius 3 is 2.31 bits per heavy atom. The Morgan fingerprint density at radius 1 is 1.23 bits per heavy atom. The first kappa shape index (κ1) is 11.4. The molecule has 0 bridgehead atoms. The molecule has 1 aromatic rings. The number of benzene rings is 1. The van der Waals surface area contributed by atoms with Crippen molar-refractivity contribution in [2.24, 2.45) is 0 Å². The van der Waals surface area contributed by atoms with Gasteiger partial charge in [-0.2, -0.15) is 0 Å². The highest BCUT2D eigenvalue weighted by atomic mass is 35.5. The summed E-state index contributed by atoms with van der Waals surface area (Å²) >= 11 is 17.0. The Labute approximate surface area is 92.4 Å². The number of halogens is 3. The molecule has 1 rings (SSSR count). The lowest BCUT2D eigenvalue weighted by atomic mass is 10.4. The van der Waals surface area contributed by atoms with Gasteiger partial charge in [0.05, 0.1) is 11.2 Å². The number of hydrogen-bond donors (Lipinski definition) is 0. The van der Waals surface area contributed by atoms with Gasteiger partial charge in [0, 0.05) is 10.3 Å². The van der Waals surface area contributed by atoms with E-state index in [-0.39, 0.29) is 11.2 Å². The van der Waals surface area contributed by atoms with Crippen molar-refractivity contribution in [1.82, 2.24) is 0 Å². The van der Waals surface area contributed by atoms with Crippen molar-refractivity contribution in [3.05, 3.63) is 29.3 Å². The molecule has 0 radical (unpaired) electrons. The van der Waals surface area contributed by atoms with Crippen LogP contribution in [0, 0.1) is 0 Å². The average Bonchev–Trinajstić information content (AvgIpc) is 2.17. The van der Waals surface area contributed by atoms with E-state index < -0.39 is 7.14 Å². The van der Waals surface area contributed by atoms with Gasteiger partial charge < -0.3 is 4.57 Å². The molecule has 0 fully saturated rings. The van der Waals surface area contributed by atoms with Crippen molar-refractivity contribution < 1.29 is 4.57 Å². The second-order valence-corrected chi connectivity index (χ2v) is 7.25. The van der Waals surface area contributed by atoms with Crippen LogP contribution in [-0.4, -0.2) is 11.2 Å². The van der Waals surface area contributed by atoms with Gasteiger partial charge >= 0.3 is 0 Å². The summed E-state index contributed by atoms with van der Waals surface area (Å²) < 4.78 is 12.0. The topological polar surface area (TPSA) is 17.1 Å². The summed E-state index contributed by atoms with van der Waals surface area (Å²) in [6, 6.07) is 6.84. The van der Waals surface area contributed by atoms with E-state index in [1.807, 2.05) is 0 Å². The van der Waals surface area contributed by atoms with E-state index in [0.717, 1.165) is 0 Å². The summed E-state index contributed by atoms with van der Waals surface area (Å²) in [5, 5.41) is 1.19. The third kappa shape index (κ3) is 2.63. The molecule has 5 heteroatoms. The molecule has 0 atom stereocenters. The molecule has 13 heavy (non-hydrogen) atoms. The summed E-state index contributed by atoms with van der Waals surface area (Å²) in [6.07, 6.45) is 0. The highest BCUT2D eigenvalue weighted by molar-refractivity contribution is 7.74. The number of alkyl halides is 2. The Morgan fingerprint density at radius 2 is 1.85 bits per heavy atom. The third-order valence-electron chi connectivity index (χ3n) is 1.66. The first-order valence-electron chi connectivity index (χ1n) is 3.58. The molecule has 0 saturated carbocycles. The van der Waals surface area contributed by atoms with E-state index >= 15 is 0 Å². The van der Waals surface area contributed by atoms with Gasteiger partial charge in [-0.25, -0.2) is 0 Å². The Balaban J connectivity index is 3.13. The van der Waals surface area contributed by atoms with Crippen LogP contribution in [0.3, 0.4) is 0 Å². The average molecular weight is 257 g/mol. The predicted octanol–water partition coefficient (Wildman–Crippen LogP) is 3.72. The van der Waals surface area contributed by atoms with Crippen LogP contribution in [0.5, 0.6) is 0 Å². The maximum atomic E-state index is 12.0. The molecule has 0 aliphatic heterocycles. The molecule has 0 spiro atoms. The van der Waals surface area contributed by atoms with Crippen molar-refractivity contribution in [1.29, 1.82) is 0 Å². The summed E-state index contributed by atoms with van der Waals surface area (Å²) in [4.78, 5) is 0. The van der Waals surface area contributed by atoms with Crippen molar-refractivity contribution in [2.75, 3.05) is 11.2 Å². The van der Waals surface area contributed by atoms with Crippen molar-refractivity contribution in [3.8, 4) is 0 Å². The second-order valence-electron chi connectivity index (χ2n) is 2.61. The molecule has 0 saturated heterocycles. The van der Waals surface area contributed by atoms with Gasteiger partial charge in [-0.1, -0.05) is 23.7 Å². The second kappa shape index (κ2) is 4.70. The molecule has 0 unspecified atom stereocenters. The number of hydrogen-bond acceptors (Lipinski definition) is 1. The fourth-order valence-corrected chi connectivity index (χ4v) is 3.83. The van der Waals surface area contributed by atoms with Gasteiger partial charge in [0.15, 0.2) is 0 Å². The smallest absolute Gasteiger partial charge is 0.143 e. The van der Waals surface area contributed by atoms with E-state index in [1.54, 1.807) is 24.3 Å². The minimum atomic E-state index is -2.61. The standard InChI is InChI=1S/C8H8Cl3OP/c9-5-13(12,6-10)8-3-1-2-7(11)4-8/h1-4H,5-6H2. The van der Waals surface area contributed by atoms with E-state index in [9.17, 15) is 4.57 Å². The zero-order valence-electron chi connectivity index (χ0n) is 6.71. The molecule has 1 aromatic carbocycles. The van der Waals surface area contributed by atoms with Crippen LogP contribution in [0.25, 0.3) is 0 Å². The largest absolute Gasteiger partial charge is 0.316 e. The summed E-state index contributed by atoms with van der Waals surface area (Å²) in [7, 11) is -2.61. The molecule has 0 N–H and O–H groups in total. The zero-order chi connectivity index (χ0) is 9.90. The quantitative estimate of drug-likeness (QED) is 0.596. The monoisotopic (exact) mass is 256 g/mol. The van der Waals surface area contributed by atoms with Crippen LogP contribution in [0.1, 0.15) is 0 Å². The lowest BCUT2D eigenvalue weighted by Crippen LogP contribution is -2.06. The Bertz CT molecular complexity index is 332. The molecule has 0 aliphatic rings. The summed E-state index contributed by atoms with van der Waals surface area (Å²) in [6.45, 7) is 0. The Hall–Kier alpha value is 0.320. The van der Waals surface area contributed by atoms with E-state index in [1.165, 1.54) is 0 Å². The number of rotatable bonds is 3. The summed E-state index contributed by atoms with van der Waals surface area (Å²) in [5.74, 6) is 0.